The summed E-state index contributed by atoms with van der Waals surface area (Å²) in [7, 11) is 3.70. The lowest BCUT2D eigenvalue weighted by Gasteiger charge is -2.63. The Labute approximate surface area is 152 Å². The monoisotopic (exact) mass is 357 g/mol. The Balaban J connectivity index is 1.85. The number of benzene rings is 1. The van der Waals surface area contributed by atoms with Crippen molar-refractivity contribution in [2.24, 2.45) is 0 Å². The maximum Gasteiger partial charge on any atom is 0.303 e. The number of carbonyl (C=O) groups excluding carboxylic acids is 2. The molecule has 5 rings (SSSR count). The van der Waals surface area contributed by atoms with E-state index in [4.69, 9.17) is 14.2 Å². The summed E-state index contributed by atoms with van der Waals surface area (Å²) in [6.45, 7) is 2.31. The Hall–Kier alpha value is -2.08. The summed E-state index contributed by atoms with van der Waals surface area (Å²) in [5, 5.41) is 0. The van der Waals surface area contributed by atoms with Crippen LogP contribution in [0, 0.1) is 0 Å². The van der Waals surface area contributed by atoms with Crippen LogP contribution in [0.3, 0.4) is 0 Å². The number of nitrogens with zero attached hydrogens (tertiary/aromatic N) is 1. The van der Waals surface area contributed by atoms with Crippen molar-refractivity contribution in [2.45, 2.75) is 55.8 Å². The van der Waals surface area contributed by atoms with E-state index in [1.54, 1.807) is 7.11 Å². The maximum atomic E-state index is 12.9. The van der Waals surface area contributed by atoms with E-state index in [2.05, 4.69) is 18.0 Å². The first-order valence-corrected chi connectivity index (χ1v) is 9.24. The van der Waals surface area contributed by atoms with Crippen molar-refractivity contribution in [2.75, 3.05) is 20.7 Å². The van der Waals surface area contributed by atoms with E-state index < -0.39 is 17.1 Å². The van der Waals surface area contributed by atoms with Crippen LogP contribution in [0.25, 0.3) is 0 Å². The van der Waals surface area contributed by atoms with Crippen molar-refractivity contribution in [1.29, 1.82) is 0 Å². The summed E-state index contributed by atoms with van der Waals surface area (Å²) in [5.41, 5.74) is 0.885. The molecule has 2 heterocycles. The molecule has 138 valence electrons. The zero-order valence-electron chi connectivity index (χ0n) is 15.3. The number of ether oxygens (including phenoxy) is 3. The topological polar surface area (TPSA) is 65.1 Å². The molecule has 1 spiro atoms. The SMILES string of the molecule is COc1ccc2c3c1OC1C(=O)CCC4(OC(C)=O)C(C2)N(C)CCC314. The second-order valence-corrected chi connectivity index (χ2v) is 8.00. The van der Waals surface area contributed by atoms with Crippen molar-refractivity contribution in [3.8, 4) is 11.5 Å². The van der Waals surface area contributed by atoms with Gasteiger partial charge in [0, 0.05) is 18.9 Å². The smallest absolute Gasteiger partial charge is 0.303 e. The predicted molar refractivity (Wildman–Crippen MR) is 92.6 cm³/mol. The number of ketones is 1. The molecule has 4 aliphatic rings. The number of likely N-dealkylation sites (tertiary alicyclic amines) is 1. The predicted octanol–water partition coefficient (Wildman–Crippen LogP) is 1.62. The fraction of sp³-hybridized carbons (Fsp3) is 0.600. The molecular formula is C20H23NO5. The van der Waals surface area contributed by atoms with Gasteiger partial charge in [-0.1, -0.05) is 6.07 Å². The third-order valence-corrected chi connectivity index (χ3v) is 7.02. The third-order valence-electron chi connectivity index (χ3n) is 7.02. The summed E-state index contributed by atoms with van der Waals surface area (Å²) < 4.78 is 17.9. The molecule has 1 aromatic rings. The van der Waals surface area contributed by atoms with E-state index in [9.17, 15) is 9.59 Å². The number of likely N-dealkylation sites (N-methyl/N-ethyl adjacent to an activating group) is 1. The number of piperidine rings is 1. The van der Waals surface area contributed by atoms with E-state index >= 15 is 0 Å². The molecule has 1 aromatic carbocycles. The third kappa shape index (κ3) is 1.62. The van der Waals surface area contributed by atoms with E-state index in [-0.39, 0.29) is 17.8 Å². The normalized spacial score (nSPS) is 37.0. The molecule has 26 heavy (non-hydrogen) atoms. The summed E-state index contributed by atoms with van der Waals surface area (Å²) in [6.07, 6.45) is 1.84. The van der Waals surface area contributed by atoms with Gasteiger partial charge in [-0.2, -0.15) is 0 Å². The number of carbonyl (C=O) groups is 2. The summed E-state index contributed by atoms with van der Waals surface area (Å²) >= 11 is 0. The molecule has 0 radical (unpaired) electrons. The van der Waals surface area contributed by atoms with E-state index in [1.807, 2.05) is 6.07 Å². The van der Waals surface area contributed by atoms with E-state index in [0.29, 0.717) is 24.3 Å². The molecule has 0 aromatic heterocycles. The van der Waals surface area contributed by atoms with Crippen molar-refractivity contribution in [3.05, 3.63) is 23.3 Å². The molecule has 6 heteroatoms. The Kier molecular flexibility index (Phi) is 3.10. The zero-order chi connectivity index (χ0) is 18.3. The van der Waals surface area contributed by atoms with Gasteiger partial charge in [-0.25, -0.2) is 0 Å². The highest BCUT2D eigenvalue weighted by Crippen LogP contribution is 2.65. The van der Waals surface area contributed by atoms with Gasteiger partial charge in [-0.05, 0) is 44.5 Å². The van der Waals surface area contributed by atoms with Gasteiger partial charge in [0.05, 0.1) is 18.6 Å². The molecular weight excluding hydrogens is 334 g/mol. The number of esters is 1. The number of hydrogen-bond acceptors (Lipinski definition) is 6. The van der Waals surface area contributed by atoms with Crippen LogP contribution in [-0.2, 0) is 26.2 Å². The standard InChI is InChI=1S/C20H23NO5/c1-11(22)26-20-7-6-13(23)18-19(20)8-9-21(2)15(20)10-12-4-5-14(24-3)17(25-18)16(12)19/h4-5,15,18H,6-10H2,1-3H3. The zero-order valence-corrected chi connectivity index (χ0v) is 15.3. The van der Waals surface area contributed by atoms with Gasteiger partial charge in [-0.3, -0.25) is 14.5 Å². The average Bonchev–Trinajstić information content (AvgIpc) is 2.96. The number of hydrogen-bond donors (Lipinski definition) is 0. The quantitative estimate of drug-likeness (QED) is 0.750. The highest BCUT2D eigenvalue weighted by molar-refractivity contribution is 5.90. The van der Waals surface area contributed by atoms with Gasteiger partial charge in [0.2, 0.25) is 0 Å². The minimum absolute atomic E-state index is 0.0474. The van der Waals surface area contributed by atoms with Gasteiger partial charge in [-0.15, -0.1) is 0 Å². The van der Waals surface area contributed by atoms with Crippen LogP contribution in [0.15, 0.2) is 12.1 Å². The lowest BCUT2D eigenvalue weighted by molar-refractivity contribution is -0.211. The molecule has 0 N–H and O–H groups in total. The van der Waals surface area contributed by atoms with Gasteiger partial charge >= 0.3 is 5.97 Å². The first kappa shape index (κ1) is 16.1. The molecule has 2 aliphatic heterocycles. The van der Waals surface area contributed by atoms with Crippen LogP contribution >= 0.6 is 0 Å². The second kappa shape index (κ2) is 5.00. The molecule has 4 unspecified atom stereocenters. The van der Waals surface area contributed by atoms with Crippen LogP contribution < -0.4 is 9.47 Å². The summed E-state index contributed by atoms with van der Waals surface area (Å²) in [4.78, 5) is 27.3. The molecule has 1 saturated heterocycles. The lowest BCUT2D eigenvalue weighted by atomic mass is 9.49. The summed E-state index contributed by atoms with van der Waals surface area (Å²) in [6, 6.07) is 4.04. The Bertz CT molecular complexity index is 836. The molecule has 2 aliphatic carbocycles. The van der Waals surface area contributed by atoms with Crippen LogP contribution in [0.1, 0.15) is 37.3 Å². The van der Waals surface area contributed by atoms with Gasteiger partial charge in [0.15, 0.2) is 23.4 Å². The van der Waals surface area contributed by atoms with Gasteiger partial charge in [0.25, 0.3) is 0 Å². The van der Waals surface area contributed by atoms with Crippen molar-refractivity contribution in [3.63, 3.8) is 0 Å². The fourth-order valence-electron chi connectivity index (χ4n) is 6.12. The first-order valence-electron chi connectivity index (χ1n) is 9.24. The van der Waals surface area contributed by atoms with Crippen LogP contribution in [0.5, 0.6) is 11.5 Å². The number of methoxy groups -OCH3 is 1. The Morgan fingerprint density at radius 1 is 1.35 bits per heavy atom. The molecule has 4 atom stereocenters. The molecule has 6 nitrogen and oxygen atoms in total. The first-order chi connectivity index (χ1) is 12.4. The maximum absolute atomic E-state index is 12.9. The van der Waals surface area contributed by atoms with Crippen molar-refractivity contribution >= 4 is 11.8 Å². The average molecular weight is 357 g/mol. The molecule has 2 fully saturated rings. The number of Topliss-reactive ketones (excluding diaryl/α,β-unsaturated/α-hetero) is 1. The molecule has 1 saturated carbocycles. The highest BCUT2D eigenvalue weighted by Gasteiger charge is 2.75. The lowest BCUT2D eigenvalue weighted by Crippen LogP contribution is -2.77. The largest absolute Gasteiger partial charge is 0.493 e. The van der Waals surface area contributed by atoms with Crippen LogP contribution in [-0.4, -0.2) is 55.1 Å². The van der Waals surface area contributed by atoms with Crippen LogP contribution in [0.2, 0.25) is 0 Å². The van der Waals surface area contributed by atoms with Crippen LogP contribution in [0.4, 0.5) is 0 Å². The van der Waals surface area contributed by atoms with Gasteiger partial charge < -0.3 is 14.2 Å². The minimum Gasteiger partial charge on any atom is -0.493 e. The second-order valence-electron chi connectivity index (χ2n) is 8.00. The molecule has 0 amide bonds. The van der Waals surface area contributed by atoms with E-state index in [1.165, 1.54) is 12.5 Å². The van der Waals surface area contributed by atoms with Crippen molar-refractivity contribution < 1.29 is 23.8 Å². The highest BCUT2D eigenvalue weighted by atomic mass is 16.6. The molecule has 2 bridgehead atoms. The van der Waals surface area contributed by atoms with E-state index in [0.717, 1.165) is 24.9 Å². The minimum atomic E-state index is -0.727. The Morgan fingerprint density at radius 2 is 2.15 bits per heavy atom. The van der Waals surface area contributed by atoms with Gasteiger partial charge in [0.1, 0.15) is 5.60 Å². The Morgan fingerprint density at radius 3 is 2.88 bits per heavy atom. The fourth-order valence-corrected chi connectivity index (χ4v) is 6.12. The number of rotatable bonds is 2. The van der Waals surface area contributed by atoms with Crippen molar-refractivity contribution in [1.82, 2.24) is 4.90 Å². The summed E-state index contributed by atoms with van der Waals surface area (Å²) in [5.74, 6) is 1.12.